The fourth-order valence-corrected chi connectivity index (χ4v) is 3.11. The molecule has 4 nitrogen and oxygen atoms in total. The molecule has 2 heterocycles. The zero-order valence-corrected chi connectivity index (χ0v) is 16.3. The number of ether oxygens (including phenoxy) is 1. The molecule has 0 radical (unpaired) electrons. The topological polar surface area (TPSA) is 50.8 Å². The van der Waals surface area contributed by atoms with E-state index in [1.165, 1.54) is 0 Å². The van der Waals surface area contributed by atoms with E-state index in [-0.39, 0.29) is 0 Å². The predicted octanol–water partition coefficient (Wildman–Crippen LogP) is 6.25. The quantitative estimate of drug-likeness (QED) is 0.424. The average molecular weight is 390 g/mol. The van der Waals surface area contributed by atoms with Crippen LogP contribution in [0.15, 0.2) is 73.1 Å². The molecule has 5 heteroatoms. The average Bonchev–Trinajstić information content (AvgIpc) is 3.19. The lowest BCUT2D eigenvalue weighted by molar-refractivity contribution is 0.317. The van der Waals surface area contributed by atoms with Crippen molar-refractivity contribution in [2.75, 3.05) is 6.61 Å². The monoisotopic (exact) mass is 389 g/mol. The summed E-state index contributed by atoms with van der Waals surface area (Å²) in [6, 6.07) is 19.6. The lowest BCUT2D eigenvalue weighted by atomic mass is 10.1. The molecule has 0 aliphatic rings. The van der Waals surface area contributed by atoms with E-state index in [0.717, 1.165) is 46.1 Å². The second kappa shape index (κ2) is 8.28. The normalized spacial score (nSPS) is 10.8. The predicted molar refractivity (Wildman–Crippen MR) is 113 cm³/mol. The van der Waals surface area contributed by atoms with Gasteiger partial charge < -0.3 is 9.72 Å². The Labute approximate surface area is 169 Å². The summed E-state index contributed by atoms with van der Waals surface area (Å²) in [4.78, 5) is 12.5. The lowest BCUT2D eigenvalue weighted by Crippen LogP contribution is -1.94. The highest BCUT2D eigenvalue weighted by molar-refractivity contribution is 6.30. The number of aromatic nitrogens is 3. The molecule has 0 amide bonds. The first-order chi connectivity index (χ1) is 13.7. The Balaban J connectivity index is 1.77. The lowest BCUT2D eigenvalue weighted by Gasteiger charge is -2.06. The number of benzene rings is 2. The maximum atomic E-state index is 6.03. The number of rotatable bonds is 6. The fraction of sp³-hybridized carbons (Fsp3) is 0.130. The third kappa shape index (κ3) is 3.92. The number of aromatic amines is 1. The molecule has 0 unspecified atom stereocenters. The van der Waals surface area contributed by atoms with Crippen molar-refractivity contribution >= 4 is 11.6 Å². The summed E-state index contributed by atoms with van der Waals surface area (Å²) in [5, 5.41) is 0.701. The van der Waals surface area contributed by atoms with Gasteiger partial charge in [-0.05, 0) is 67.1 Å². The van der Waals surface area contributed by atoms with E-state index < -0.39 is 0 Å². The number of pyridine rings is 1. The first kappa shape index (κ1) is 18.3. The molecule has 0 fully saturated rings. The summed E-state index contributed by atoms with van der Waals surface area (Å²) in [5.41, 5.74) is 4.87. The zero-order chi connectivity index (χ0) is 19.3. The van der Waals surface area contributed by atoms with Gasteiger partial charge in [-0.15, -0.1) is 0 Å². The van der Waals surface area contributed by atoms with Crippen LogP contribution in [-0.2, 0) is 0 Å². The van der Waals surface area contributed by atoms with Gasteiger partial charge in [0.1, 0.15) is 11.6 Å². The van der Waals surface area contributed by atoms with Crippen molar-refractivity contribution in [2.45, 2.75) is 13.3 Å². The highest BCUT2D eigenvalue weighted by Crippen LogP contribution is 2.33. The van der Waals surface area contributed by atoms with E-state index in [1.807, 2.05) is 60.7 Å². The van der Waals surface area contributed by atoms with Crippen LogP contribution in [-0.4, -0.2) is 21.6 Å². The Morgan fingerprint density at radius 1 is 0.857 bits per heavy atom. The number of hydrogen-bond donors (Lipinski definition) is 1. The van der Waals surface area contributed by atoms with Crippen LogP contribution in [0.1, 0.15) is 13.3 Å². The van der Waals surface area contributed by atoms with Gasteiger partial charge in [0.2, 0.25) is 0 Å². The summed E-state index contributed by atoms with van der Waals surface area (Å²) in [7, 11) is 0. The maximum Gasteiger partial charge on any atom is 0.138 e. The molecule has 4 aromatic rings. The second-order valence-electron chi connectivity index (χ2n) is 6.42. The van der Waals surface area contributed by atoms with Crippen LogP contribution in [0.25, 0.3) is 33.9 Å². The van der Waals surface area contributed by atoms with Crippen LogP contribution in [0.5, 0.6) is 5.75 Å². The molecule has 1 N–H and O–H groups in total. The minimum absolute atomic E-state index is 0.701. The molecule has 0 saturated carbocycles. The van der Waals surface area contributed by atoms with Crippen molar-refractivity contribution < 1.29 is 4.74 Å². The van der Waals surface area contributed by atoms with Gasteiger partial charge in [0.05, 0.1) is 18.0 Å². The maximum absolute atomic E-state index is 6.03. The van der Waals surface area contributed by atoms with Crippen LogP contribution in [0.4, 0.5) is 0 Å². The smallest absolute Gasteiger partial charge is 0.138 e. The fourth-order valence-electron chi connectivity index (χ4n) is 2.98. The number of nitrogens with one attached hydrogen (secondary N) is 1. The zero-order valence-electron chi connectivity index (χ0n) is 15.5. The first-order valence-corrected chi connectivity index (χ1v) is 9.62. The summed E-state index contributed by atoms with van der Waals surface area (Å²) >= 11 is 6.03. The molecule has 28 heavy (non-hydrogen) atoms. The van der Waals surface area contributed by atoms with Gasteiger partial charge in [-0.2, -0.15) is 0 Å². The van der Waals surface area contributed by atoms with Crippen LogP contribution >= 0.6 is 11.6 Å². The second-order valence-corrected chi connectivity index (χ2v) is 6.86. The number of H-pyrrole nitrogens is 1. The largest absolute Gasteiger partial charge is 0.494 e. The van der Waals surface area contributed by atoms with Crippen LogP contribution in [0, 0.1) is 0 Å². The van der Waals surface area contributed by atoms with Crippen molar-refractivity contribution in [1.82, 2.24) is 15.0 Å². The van der Waals surface area contributed by atoms with Gasteiger partial charge in [-0.3, -0.25) is 4.98 Å². The molecule has 2 aromatic carbocycles. The van der Waals surface area contributed by atoms with Gasteiger partial charge in [0, 0.05) is 34.1 Å². The Morgan fingerprint density at radius 2 is 1.54 bits per heavy atom. The van der Waals surface area contributed by atoms with E-state index >= 15 is 0 Å². The summed E-state index contributed by atoms with van der Waals surface area (Å²) in [6.45, 7) is 2.81. The van der Waals surface area contributed by atoms with Crippen LogP contribution < -0.4 is 4.74 Å². The van der Waals surface area contributed by atoms with Crippen LogP contribution in [0.3, 0.4) is 0 Å². The van der Waals surface area contributed by atoms with Crippen molar-refractivity contribution in [1.29, 1.82) is 0 Å². The Kier molecular flexibility index (Phi) is 5.40. The van der Waals surface area contributed by atoms with Gasteiger partial charge in [0.15, 0.2) is 0 Å². The molecule has 4 rings (SSSR count). The van der Waals surface area contributed by atoms with Crippen molar-refractivity contribution in [3.8, 4) is 39.7 Å². The van der Waals surface area contributed by atoms with Crippen molar-refractivity contribution in [3.63, 3.8) is 0 Å². The van der Waals surface area contributed by atoms with E-state index in [1.54, 1.807) is 12.4 Å². The van der Waals surface area contributed by atoms with Crippen molar-refractivity contribution in [3.05, 3.63) is 78.1 Å². The minimum Gasteiger partial charge on any atom is -0.494 e. The number of hydrogen-bond acceptors (Lipinski definition) is 3. The first-order valence-electron chi connectivity index (χ1n) is 9.24. The molecular formula is C23H20ClN3O. The molecule has 0 spiro atoms. The third-order valence-electron chi connectivity index (χ3n) is 4.39. The molecular weight excluding hydrogens is 370 g/mol. The molecule has 0 atom stereocenters. The third-order valence-corrected chi connectivity index (χ3v) is 4.64. The molecule has 0 saturated heterocycles. The van der Waals surface area contributed by atoms with E-state index in [0.29, 0.717) is 11.6 Å². The van der Waals surface area contributed by atoms with E-state index in [9.17, 15) is 0 Å². The highest BCUT2D eigenvalue weighted by atomic mass is 35.5. The summed E-state index contributed by atoms with van der Waals surface area (Å²) in [6.07, 6.45) is 4.55. The van der Waals surface area contributed by atoms with Crippen molar-refractivity contribution in [2.24, 2.45) is 0 Å². The Morgan fingerprint density at radius 3 is 2.21 bits per heavy atom. The van der Waals surface area contributed by atoms with Gasteiger partial charge in [-0.25, -0.2) is 4.98 Å². The van der Waals surface area contributed by atoms with Gasteiger partial charge >= 0.3 is 0 Å². The number of halogens is 1. The number of imidazole rings is 1. The Bertz CT molecular complexity index is 1040. The van der Waals surface area contributed by atoms with E-state index in [4.69, 9.17) is 21.3 Å². The standard InChI is InChI=1S/C23H20ClN3O/c1-2-15-28-20-9-5-16(6-10-20)21-22(17-11-13-25-14-12-17)27-23(26-21)18-3-7-19(24)8-4-18/h3-14H,2,15H2,1H3,(H,26,27). The SMILES string of the molecule is CCCOc1ccc(-c2nc(-c3ccc(Cl)cc3)[nH]c2-c2ccncc2)cc1. The molecule has 2 aromatic heterocycles. The molecule has 140 valence electrons. The Hall–Kier alpha value is -3.11. The molecule has 0 bridgehead atoms. The number of nitrogens with zero attached hydrogens (tertiary/aromatic N) is 2. The van der Waals surface area contributed by atoms with Gasteiger partial charge in [-0.1, -0.05) is 18.5 Å². The summed E-state index contributed by atoms with van der Waals surface area (Å²) < 4.78 is 5.70. The van der Waals surface area contributed by atoms with E-state index in [2.05, 4.69) is 16.9 Å². The highest BCUT2D eigenvalue weighted by Gasteiger charge is 2.15. The molecule has 0 aliphatic heterocycles. The van der Waals surface area contributed by atoms with Crippen LogP contribution in [0.2, 0.25) is 5.02 Å². The minimum atomic E-state index is 0.701. The summed E-state index contributed by atoms with van der Waals surface area (Å²) in [5.74, 6) is 1.66. The molecule has 0 aliphatic carbocycles. The van der Waals surface area contributed by atoms with Gasteiger partial charge in [0.25, 0.3) is 0 Å².